The topological polar surface area (TPSA) is 38.5 Å². The van der Waals surface area contributed by atoms with Crippen LogP contribution in [-0.2, 0) is 6.18 Å². The third kappa shape index (κ3) is 4.31. The lowest BCUT2D eigenvalue weighted by atomic mass is 10.1. The number of hydrogen-bond donors (Lipinski definition) is 1. The summed E-state index contributed by atoms with van der Waals surface area (Å²) in [5, 5.41) is 0. The van der Waals surface area contributed by atoms with E-state index in [9.17, 15) is 13.2 Å². The van der Waals surface area contributed by atoms with Crippen molar-refractivity contribution in [2.24, 2.45) is 5.73 Å². The second kappa shape index (κ2) is 6.19. The van der Waals surface area contributed by atoms with E-state index in [1.807, 2.05) is 7.05 Å². The van der Waals surface area contributed by atoms with Crippen molar-refractivity contribution < 1.29 is 17.9 Å². The van der Waals surface area contributed by atoms with Crippen molar-refractivity contribution in [2.45, 2.75) is 25.1 Å². The fourth-order valence-electron chi connectivity index (χ4n) is 2.07. The Bertz CT molecular complexity index is 529. The number of nitrogens with two attached hydrogens (primary N) is 1. The van der Waals surface area contributed by atoms with E-state index >= 15 is 0 Å². The van der Waals surface area contributed by atoms with Gasteiger partial charge >= 0.3 is 6.18 Å². The third-order valence-corrected chi connectivity index (χ3v) is 3.66. The van der Waals surface area contributed by atoms with Crippen LogP contribution in [0.3, 0.4) is 0 Å². The van der Waals surface area contributed by atoms with Crippen LogP contribution in [0.25, 0.3) is 0 Å². The molecule has 0 bridgehead atoms. The molecule has 1 aliphatic carbocycles. The molecule has 1 saturated carbocycles. The molecule has 0 aliphatic heterocycles. The minimum absolute atomic E-state index is 0.203. The predicted octanol–water partition coefficient (Wildman–Crippen LogP) is 2.81. The Morgan fingerprint density at radius 2 is 2.10 bits per heavy atom. The molecule has 1 fully saturated rings. The molecule has 116 valence electrons. The lowest BCUT2D eigenvalue weighted by molar-refractivity contribution is -0.137. The van der Waals surface area contributed by atoms with E-state index < -0.39 is 11.7 Å². The van der Waals surface area contributed by atoms with Gasteiger partial charge in [0, 0.05) is 18.2 Å². The van der Waals surface area contributed by atoms with Crippen molar-refractivity contribution in [1.82, 2.24) is 4.90 Å². The zero-order chi connectivity index (χ0) is 15.6. The quantitative estimate of drug-likeness (QED) is 0.819. The smallest absolute Gasteiger partial charge is 0.417 e. The molecule has 2 rings (SSSR count). The van der Waals surface area contributed by atoms with Gasteiger partial charge in [-0.3, -0.25) is 0 Å². The first-order valence-electron chi connectivity index (χ1n) is 6.63. The molecule has 0 unspecified atom stereocenters. The first kappa shape index (κ1) is 16.0. The van der Waals surface area contributed by atoms with Crippen molar-refractivity contribution >= 4 is 17.2 Å². The Labute approximate surface area is 126 Å². The van der Waals surface area contributed by atoms with Crippen molar-refractivity contribution in [2.75, 3.05) is 20.2 Å². The summed E-state index contributed by atoms with van der Waals surface area (Å²) in [7, 11) is 2.01. The first-order chi connectivity index (χ1) is 9.79. The second-order valence-corrected chi connectivity index (χ2v) is 5.57. The molecule has 1 aliphatic rings. The van der Waals surface area contributed by atoms with E-state index in [1.54, 1.807) is 0 Å². The average Bonchev–Trinajstić information content (AvgIpc) is 3.21. The van der Waals surface area contributed by atoms with E-state index in [0.29, 0.717) is 18.4 Å². The van der Waals surface area contributed by atoms with Gasteiger partial charge in [-0.25, -0.2) is 0 Å². The molecule has 0 atom stereocenters. The van der Waals surface area contributed by atoms with Gasteiger partial charge in [-0.1, -0.05) is 12.2 Å². The summed E-state index contributed by atoms with van der Waals surface area (Å²) in [6.45, 7) is 1.14. The maximum Gasteiger partial charge on any atom is 0.417 e. The van der Waals surface area contributed by atoms with Crippen LogP contribution in [-0.4, -0.2) is 36.1 Å². The molecular weight excluding hydrogens is 301 g/mol. The van der Waals surface area contributed by atoms with Gasteiger partial charge in [0.15, 0.2) is 0 Å². The lowest BCUT2D eigenvalue weighted by Crippen LogP contribution is -2.26. The van der Waals surface area contributed by atoms with E-state index in [-0.39, 0.29) is 10.6 Å². The standard InChI is InChI=1S/C14H17F3N2OS/c1-19(9-2-3-9)6-7-20-10-4-5-12(14(15,16)17)11(8-10)13(18)21/h4-5,8-9H,2-3,6-7H2,1H3,(H2,18,21). The number of ether oxygens (including phenoxy) is 1. The van der Waals surface area contributed by atoms with E-state index in [4.69, 9.17) is 10.5 Å². The Kier molecular flexibility index (Phi) is 4.73. The SMILES string of the molecule is CN(CCOc1ccc(C(F)(F)F)c(C(N)=S)c1)C1CC1. The fourth-order valence-corrected chi connectivity index (χ4v) is 2.24. The predicted molar refractivity (Wildman–Crippen MR) is 78.5 cm³/mol. The molecule has 3 nitrogen and oxygen atoms in total. The lowest BCUT2D eigenvalue weighted by Gasteiger charge is -2.17. The molecule has 1 aromatic rings. The second-order valence-electron chi connectivity index (χ2n) is 5.13. The molecule has 0 heterocycles. The van der Waals surface area contributed by atoms with Crippen LogP contribution in [0.2, 0.25) is 0 Å². The van der Waals surface area contributed by atoms with Crippen molar-refractivity contribution in [3.63, 3.8) is 0 Å². The molecule has 1 aromatic carbocycles. The van der Waals surface area contributed by atoms with E-state index in [0.717, 1.165) is 12.6 Å². The molecule has 0 saturated heterocycles. The highest BCUT2D eigenvalue weighted by molar-refractivity contribution is 7.80. The molecule has 7 heteroatoms. The minimum atomic E-state index is -4.48. The Morgan fingerprint density at radius 1 is 1.43 bits per heavy atom. The van der Waals surface area contributed by atoms with Crippen LogP contribution in [0.1, 0.15) is 24.0 Å². The van der Waals surface area contributed by atoms with Gasteiger partial charge in [0.1, 0.15) is 17.3 Å². The number of halogens is 3. The summed E-state index contributed by atoms with van der Waals surface area (Å²) in [6.07, 6.45) is -2.09. The Hall–Kier alpha value is -1.34. The zero-order valence-electron chi connectivity index (χ0n) is 11.6. The van der Waals surface area contributed by atoms with Crippen molar-refractivity contribution in [3.8, 4) is 5.75 Å². The maximum absolute atomic E-state index is 12.8. The molecule has 21 heavy (non-hydrogen) atoms. The van der Waals surface area contributed by atoms with Crippen molar-refractivity contribution in [1.29, 1.82) is 0 Å². The summed E-state index contributed by atoms with van der Waals surface area (Å²) >= 11 is 4.69. The number of alkyl halides is 3. The van der Waals surface area contributed by atoms with Crippen molar-refractivity contribution in [3.05, 3.63) is 29.3 Å². The summed E-state index contributed by atoms with van der Waals surface area (Å²) in [4.78, 5) is 1.89. The summed E-state index contributed by atoms with van der Waals surface area (Å²) in [5.74, 6) is 0.343. The summed E-state index contributed by atoms with van der Waals surface area (Å²) in [6, 6.07) is 4.12. The van der Waals surface area contributed by atoms with Crippen LogP contribution in [0.15, 0.2) is 18.2 Å². The molecule has 0 amide bonds. The Morgan fingerprint density at radius 3 is 2.62 bits per heavy atom. The normalized spacial score (nSPS) is 15.3. The summed E-state index contributed by atoms with van der Waals surface area (Å²) < 4.78 is 44.0. The van der Waals surface area contributed by atoms with Gasteiger partial charge < -0.3 is 15.4 Å². The number of nitrogens with zero attached hydrogens (tertiary/aromatic N) is 1. The van der Waals surface area contributed by atoms with Gasteiger partial charge in [-0.2, -0.15) is 13.2 Å². The maximum atomic E-state index is 12.8. The number of likely N-dealkylation sites (N-methyl/N-ethyl adjacent to an activating group) is 1. The van der Waals surface area contributed by atoms with Gasteiger partial charge in [-0.05, 0) is 38.1 Å². The molecule has 0 aromatic heterocycles. The van der Waals surface area contributed by atoms with Gasteiger partial charge in [-0.15, -0.1) is 0 Å². The van der Waals surface area contributed by atoms with Crippen LogP contribution in [0.4, 0.5) is 13.2 Å². The van der Waals surface area contributed by atoms with Crippen LogP contribution in [0, 0.1) is 0 Å². The largest absolute Gasteiger partial charge is 0.492 e. The molecule has 2 N–H and O–H groups in total. The molecule has 0 spiro atoms. The van der Waals surface area contributed by atoms with Crippen LogP contribution < -0.4 is 10.5 Å². The highest BCUT2D eigenvalue weighted by Crippen LogP contribution is 2.33. The van der Waals surface area contributed by atoms with Gasteiger partial charge in [0.05, 0.1) is 5.56 Å². The third-order valence-electron chi connectivity index (χ3n) is 3.44. The number of rotatable bonds is 6. The van der Waals surface area contributed by atoms with E-state index in [2.05, 4.69) is 17.1 Å². The minimum Gasteiger partial charge on any atom is -0.492 e. The van der Waals surface area contributed by atoms with E-state index in [1.165, 1.54) is 25.0 Å². The van der Waals surface area contributed by atoms with Gasteiger partial charge in [0.25, 0.3) is 0 Å². The number of benzene rings is 1. The number of thiocarbonyl (C=S) groups is 1. The highest BCUT2D eigenvalue weighted by atomic mass is 32.1. The zero-order valence-corrected chi connectivity index (χ0v) is 12.4. The van der Waals surface area contributed by atoms with Gasteiger partial charge in [0.2, 0.25) is 0 Å². The monoisotopic (exact) mass is 318 g/mol. The molecular formula is C14H17F3N2OS. The highest BCUT2D eigenvalue weighted by Gasteiger charge is 2.34. The number of hydrogen-bond acceptors (Lipinski definition) is 3. The average molecular weight is 318 g/mol. The first-order valence-corrected chi connectivity index (χ1v) is 7.04. The fraction of sp³-hybridized carbons (Fsp3) is 0.500. The summed E-state index contributed by atoms with van der Waals surface area (Å²) in [5.41, 5.74) is 4.33. The van der Waals surface area contributed by atoms with Crippen LogP contribution >= 0.6 is 12.2 Å². The van der Waals surface area contributed by atoms with Crippen LogP contribution in [0.5, 0.6) is 5.75 Å². The Balaban J connectivity index is 2.03. The molecule has 0 radical (unpaired) electrons.